The van der Waals surface area contributed by atoms with Gasteiger partial charge in [0.2, 0.25) is 0 Å². The van der Waals surface area contributed by atoms with Crippen LogP contribution in [-0.2, 0) is 6.42 Å². The third kappa shape index (κ3) is 2.13. The predicted octanol–water partition coefficient (Wildman–Crippen LogP) is 4.14. The van der Waals surface area contributed by atoms with E-state index in [9.17, 15) is 0 Å². The molecule has 0 aliphatic heterocycles. The molecule has 2 atom stereocenters. The zero-order chi connectivity index (χ0) is 11.7. The van der Waals surface area contributed by atoms with Gasteiger partial charge in [0, 0.05) is 12.1 Å². The Bertz CT molecular complexity index is 415. The molecule has 0 radical (unpaired) electrons. The minimum Gasteiger partial charge on any atom is -0.304 e. The fourth-order valence-corrected chi connectivity index (χ4v) is 2.63. The van der Waals surface area contributed by atoms with E-state index in [1.807, 2.05) is 12.1 Å². The second kappa shape index (κ2) is 4.79. The highest BCUT2D eigenvalue weighted by molar-refractivity contribution is 6.42. The Balaban J connectivity index is 2.27. The van der Waals surface area contributed by atoms with Crippen molar-refractivity contribution in [3.05, 3.63) is 46.0 Å². The molecule has 3 heteroatoms. The summed E-state index contributed by atoms with van der Waals surface area (Å²) in [5.41, 5.74) is 2.48. The quantitative estimate of drug-likeness (QED) is 0.801. The minimum absolute atomic E-state index is 0.311. The molecule has 1 aromatic carbocycles. The summed E-state index contributed by atoms with van der Waals surface area (Å²) in [5.74, 6) is 0. The molecule has 16 heavy (non-hydrogen) atoms. The number of halogens is 2. The van der Waals surface area contributed by atoms with Crippen LogP contribution in [0.1, 0.15) is 30.5 Å². The first-order valence-electron chi connectivity index (χ1n) is 5.49. The van der Waals surface area contributed by atoms with Gasteiger partial charge in [-0.25, -0.2) is 0 Å². The van der Waals surface area contributed by atoms with Crippen LogP contribution in [0.15, 0.2) is 24.8 Å². The van der Waals surface area contributed by atoms with Crippen LogP contribution >= 0.6 is 23.2 Å². The number of fused-ring (bicyclic) bond motifs is 1. The van der Waals surface area contributed by atoms with Gasteiger partial charge in [-0.3, -0.25) is 0 Å². The van der Waals surface area contributed by atoms with Gasteiger partial charge in [0.15, 0.2) is 0 Å². The summed E-state index contributed by atoms with van der Waals surface area (Å²) >= 11 is 12.2. The van der Waals surface area contributed by atoms with Gasteiger partial charge in [-0.05, 0) is 37.0 Å². The Morgan fingerprint density at radius 1 is 1.50 bits per heavy atom. The van der Waals surface area contributed by atoms with Gasteiger partial charge in [0.25, 0.3) is 0 Å². The summed E-state index contributed by atoms with van der Waals surface area (Å²) in [6.45, 7) is 5.88. The van der Waals surface area contributed by atoms with E-state index in [4.69, 9.17) is 23.2 Å². The zero-order valence-corrected chi connectivity index (χ0v) is 10.8. The smallest absolute Gasteiger partial charge is 0.0627 e. The first-order valence-corrected chi connectivity index (χ1v) is 6.24. The van der Waals surface area contributed by atoms with E-state index < -0.39 is 0 Å². The van der Waals surface area contributed by atoms with E-state index in [2.05, 4.69) is 24.9 Å². The van der Waals surface area contributed by atoms with Crippen LogP contribution in [0.4, 0.5) is 0 Å². The number of rotatable bonds is 3. The highest BCUT2D eigenvalue weighted by Crippen LogP contribution is 2.39. The van der Waals surface area contributed by atoms with Crippen LogP contribution in [0, 0.1) is 0 Å². The molecule has 0 heterocycles. The van der Waals surface area contributed by atoms with Gasteiger partial charge in [-0.1, -0.05) is 35.3 Å². The molecule has 1 aromatic rings. The van der Waals surface area contributed by atoms with Crippen molar-refractivity contribution in [1.82, 2.24) is 5.32 Å². The third-order valence-electron chi connectivity index (χ3n) is 3.11. The predicted molar refractivity (Wildman–Crippen MR) is 70.3 cm³/mol. The summed E-state index contributed by atoms with van der Waals surface area (Å²) in [5, 5.41) is 4.88. The second-order valence-electron chi connectivity index (χ2n) is 4.21. The Morgan fingerprint density at radius 3 is 2.94 bits per heavy atom. The lowest BCUT2D eigenvalue weighted by Gasteiger charge is -2.17. The average Bonchev–Trinajstić information content (AvgIpc) is 2.67. The maximum absolute atomic E-state index is 6.19. The maximum atomic E-state index is 6.19. The lowest BCUT2D eigenvalue weighted by Crippen LogP contribution is -2.27. The molecule has 0 amide bonds. The van der Waals surface area contributed by atoms with E-state index in [-0.39, 0.29) is 0 Å². The van der Waals surface area contributed by atoms with Gasteiger partial charge in [0.05, 0.1) is 10.0 Å². The molecule has 1 N–H and O–H groups in total. The van der Waals surface area contributed by atoms with Crippen molar-refractivity contribution in [1.29, 1.82) is 0 Å². The van der Waals surface area contributed by atoms with Gasteiger partial charge >= 0.3 is 0 Å². The number of benzene rings is 1. The molecule has 1 aliphatic carbocycles. The third-order valence-corrected chi connectivity index (χ3v) is 3.95. The van der Waals surface area contributed by atoms with Crippen molar-refractivity contribution in [2.24, 2.45) is 0 Å². The van der Waals surface area contributed by atoms with Crippen LogP contribution in [0.5, 0.6) is 0 Å². The normalized spacial score (nSPS) is 20.6. The molecule has 0 saturated carbocycles. The Labute approximate surface area is 106 Å². The molecule has 0 fully saturated rings. The second-order valence-corrected chi connectivity index (χ2v) is 5.00. The summed E-state index contributed by atoms with van der Waals surface area (Å²) < 4.78 is 0. The van der Waals surface area contributed by atoms with Crippen molar-refractivity contribution in [2.75, 3.05) is 0 Å². The van der Waals surface area contributed by atoms with Crippen LogP contribution in [0.2, 0.25) is 10.0 Å². The molecule has 2 unspecified atom stereocenters. The monoisotopic (exact) mass is 255 g/mol. The Morgan fingerprint density at radius 2 is 2.25 bits per heavy atom. The lowest BCUT2D eigenvalue weighted by atomic mass is 10.1. The molecule has 0 saturated heterocycles. The van der Waals surface area contributed by atoms with E-state index in [1.165, 1.54) is 11.1 Å². The molecular weight excluding hydrogens is 241 g/mol. The van der Waals surface area contributed by atoms with Crippen LogP contribution in [0.25, 0.3) is 0 Å². The maximum Gasteiger partial charge on any atom is 0.0627 e. The fourth-order valence-electron chi connectivity index (χ4n) is 2.19. The molecule has 86 valence electrons. The van der Waals surface area contributed by atoms with Crippen LogP contribution in [0.3, 0.4) is 0 Å². The molecule has 0 aromatic heterocycles. The zero-order valence-electron chi connectivity index (χ0n) is 9.26. The van der Waals surface area contributed by atoms with Crippen molar-refractivity contribution in [3.8, 4) is 0 Å². The molecule has 0 bridgehead atoms. The fraction of sp³-hybridized carbons (Fsp3) is 0.385. The summed E-state index contributed by atoms with van der Waals surface area (Å²) in [4.78, 5) is 0. The van der Waals surface area contributed by atoms with E-state index in [0.717, 1.165) is 17.9 Å². The van der Waals surface area contributed by atoms with Crippen LogP contribution in [-0.4, -0.2) is 6.04 Å². The van der Waals surface area contributed by atoms with Gasteiger partial charge in [0.1, 0.15) is 0 Å². The molecule has 0 spiro atoms. The van der Waals surface area contributed by atoms with E-state index in [0.29, 0.717) is 17.1 Å². The molecule has 1 aliphatic rings. The van der Waals surface area contributed by atoms with Crippen molar-refractivity contribution < 1.29 is 0 Å². The molecular formula is C13H15Cl2N. The van der Waals surface area contributed by atoms with Crippen molar-refractivity contribution in [2.45, 2.75) is 31.8 Å². The topological polar surface area (TPSA) is 12.0 Å². The summed E-state index contributed by atoms with van der Waals surface area (Å²) in [6, 6.07) is 4.63. The molecule has 1 nitrogen and oxygen atoms in total. The highest BCUT2D eigenvalue weighted by atomic mass is 35.5. The lowest BCUT2D eigenvalue weighted by molar-refractivity contribution is 0.500. The van der Waals surface area contributed by atoms with E-state index >= 15 is 0 Å². The Kier molecular flexibility index (Phi) is 3.58. The van der Waals surface area contributed by atoms with Gasteiger partial charge < -0.3 is 5.32 Å². The summed E-state index contributed by atoms with van der Waals surface area (Å²) in [6.07, 6.45) is 3.99. The largest absolute Gasteiger partial charge is 0.304 e. The molecule has 2 rings (SSSR count). The van der Waals surface area contributed by atoms with E-state index in [1.54, 1.807) is 0 Å². The summed E-state index contributed by atoms with van der Waals surface area (Å²) in [7, 11) is 0. The van der Waals surface area contributed by atoms with Gasteiger partial charge in [-0.2, -0.15) is 0 Å². The standard InChI is InChI=1S/C13H15Cl2N/c1-3-8(2)16-12-7-5-10-9(12)4-6-11(14)13(10)15/h3-4,6,8,12,16H,1,5,7H2,2H3. The minimum atomic E-state index is 0.311. The number of hydrogen-bond donors (Lipinski definition) is 1. The highest BCUT2D eigenvalue weighted by Gasteiger charge is 2.25. The SMILES string of the molecule is C=CC(C)NC1CCc2c1ccc(Cl)c2Cl. The number of hydrogen-bond acceptors (Lipinski definition) is 1. The van der Waals surface area contributed by atoms with Crippen LogP contribution < -0.4 is 5.32 Å². The Hall–Kier alpha value is -0.500. The van der Waals surface area contributed by atoms with Crippen molar-refractivity contribution >= 4 is 23.2 Å². The average molecular weight is 256 g/mol. The van der Waals surface area contributed by atoms with Crippen molar-refractivity contribution in [3.63, 3.8) is 0 Å². The first-order chi connectivity index (χ1) is 7.63. The first kappa shape index (κ1) is 12.0. The number of nitrogens with one attached hydrogen (secondary N) is 1. The van der Waals surface area contributed by atoms with Gasteiger partial charge in [-0.15, -0.1) is 6.58 Å².